The number of rotatable bonds is 2. The van der Waals surface area contributed by atoms with E-state index in [-0.39, 0.29) is 5.91 Å². The molecule has 0 bridgehead atoms. The maximum Gasteiger partial charge on any atom is 0.344 e. The summed E-state index contributed by atoms with van der Waals surface area (Å²) < 4.78 is 4.95. The molecule has 0 saturated heterocycles. The highest BCUT2D eigenvalue weighted by atomic mass is 16.5. The number of amides is 1. The first-order valence-electron chi connectivity index (χ1n) is 3.45. The first-order chi connectivity index (χ1) is 5.65. The van der Waals surface area contributed by atoms with Crippen LogP contribution in [0.1, 0.15) is 10.4 Å². The van der Waals surface area contributed by atoms with Gasteiger partial charge in [0.25, 0.3) is 0 Å². The van der Waals surface area contributed by atoms with E-state index >= 15 is 0 Å². The summed E-state index contributed by atoms with van der Waals surface area (Å²) in [6.45, 7) is 0. The Balaban J connectivity index is 3.21. The van der Waals surface area contributed by atoms with E-state index in [1.165, 1.54) is 7.11 Å². The Kier molecular flexibility index (Phi) is 2.30. The van der Waals surface area contributed by atoms with Gasteiger partial charge in [-0.25, -0.2) is 4.79 Å². The van der Waals surface area contributed by atoms with Crippen LogP contribution in [0.4, 0.5) is 5.69 Å². The van der Waals surface area contributed by atoms with Gasteiger partial charge in [-0.3, -0.25) is 5.73 Å². The molecule has 64 valence electrons. The fourth-order valence-corrected chi connectivity index (χ4v) is 0.944. The molecule has 1 aromatic rings. The van der Waals surface area contributed by atoms with Crippen molar-refractivity contribution in [1.29, 1.82) is 0 Å². The third kappa shape index (κ3) is 1.54. The number of methoxy groups -OCH3 is 1. The monoisotopic (exact) mass is 167 g/mol. The van der Waals surface area contributed by atoms with Crippen molar-refractivity contribution in [2.45, 2.75) is 0 Å². The number of nitrogen functional groups attached to an aromatic ring is 1. The second kappa shape index (κ2) is 3.23. The van der Waals surface area contributed by atoms with Crippen LogP contribution in [0.15, 0.2) is 18.2 Å². The minimum absolute atomic E-state index is 0.292. The lowest BCUT2D eigenvalue weighted by Crippen LogP contribution is -2.56. The van der Waals surface area contributed by atoms with Crippen LogP contribution in [0.25, 0.3) is 0 Å². The van der Waals surface area contributed by atoms with Gasteiger partial charge in [0, 0.05) is 5.69 Å². The van der Waals surface area contributed by atoms with Crippen LogP contribution < -0.4 is 16.2 Å². The Bertz CT molecular complexity index is 310. The maximum absolute atomic E-state index is 10.9. The summed E-state index contributed by atoms with van der Waals surface area (Å²) in [5.74, 6) is 0.211. The molecule has 0 fully saturated rings. The summed E-state index contributed by atoms with van der Waals surface area (Å²) >= 11 is 0. The third-order valence-electron chi connectivity index (χ3n) is 1.52. The van der Waals surface area contributed by atoms with E-state index in [1.807, 2.05) is 0 Å². The van der Waals surface area contributed by atoms with Gasteiger partial charge in [0.1, 0.15) is 11.3 Å². The Morgan fingerprint density at radius 2 is 2.25 bits per heavy atom. The normalized spacial score (nSPS) is 9.50. The summed E-state index contributed by atoms with van der Waals surface area (Å²) in [5, 5.41) is 0. The number of carbonyl (C=O) groups is 1. The van der Waals surface area contributed by atoms with E-state index in [9.17, 15) is 4.79 Å². The smallest absolute Gasteiger partial charge is 0.344 e. The molecule has 0 spiro atoms. The Morgan fingerprint density at radius 3 is 2.75 bits per heavy atom. The van der Waals surface area contributed by atoms with Crippen LogP contribution in [-0.2, 0) is 0 Å². The maximum atomic E-state index is 10.9. The number of hydrogen-bond donors (Lipinski definition) is 2. The van der Waals surface area contributed by atoms with Gasteiger partial charge in [-0.05, 0) is 18.2 Å². The minimum Gasteiger partial charge on any atom is -0.496 e. The fourth-order valence-electron chi connectivity index (χ4n) is 0.944. The average Bonchev–Trinajstić information content (AvgIpc) is 2.04. The number of benzene rings is 1. The van der Waals surface area contributed by atoms with Crippen molar-refractivity contribution in [1.82, 2.24) is 0 Å². The molecule has 0 aliphatic carbocycles. The highest BCUT2D eigenvalue weighted by Crippen LogP contribution is 2.19. The van der Waals surface area contributed by atoms with Crippen LogP contribution >= 0.6 is 0 Å². The van der Waals surface area contributed by atoms with Crippen LogP contribution in [0.5, 0.6) is 5.75 Å². The fraction of sp³-hybridized carbons (Fsp3) is 0.125. The van der Waals surface area contributed by atoms with Crippen molar-refractivity contribution in [2.75, 3.05) is 12.8 Å². The number of ether oxygens (including phenoxy) is 1. The van der Waals surface area contributed by atoms with E-state index in [0.717, 1.165) is 0 Å². The molecule has 0 heterocycles. The highest BCUT2D eigenvalue weighted by molar-refractivity contribution is 5.90. The Labute approximate surface area is 70.1 Å². The molecule has 5 N–H and O–H groups in total. The van der Waals surface area contributed by atoms with E-state index in [2.05, 4.69) is 5.73 Å². The molecule has 0 atom stereocenters. The largest absolute Gasteiger partial charge is 0.496 e. The molecular weight excluding hydrogens is 156 g/mol. The standard InChI is InChI=1S/C8H10N2O2/c1-12-7-3-2-5(9)4-6(7)8(10)11/h2-4H,9H2,1H3,(H2,10,11)/p+1. The van der Waals surface area contributed by atoms with Crippen molar-refractivity contribution in [3.05, 3.63) is 23.8 Å². The van der Waals surface area contributed by atoms with Crippen molar-refractivity contribution >= 4 is 11.6 Å². The number of anilines is 1. The molecule has 0 unspecified atom stereocenters. The number of quaternary nitrogens is 1. The topological polar surface area (TPSA) is 80.0 Å². The zero-order chi connectivity index (χ0) is 9.14. The second-order valence-electron chi connectivity index (χ2n) is 2.38. The number of nitrogens with two attached hydrogens (primary N) is 1. The predicted octanol–water partition coefficient (Wildman–Crippen LogP) is -0.340. The van der Waals surface area contributed by atoms with Gasteiger partial charge in [0.2, 0.25) is 0 Å². The van der Waals surface area contributed by atoms with E-state index in [1.54, 1.807) is 18.2 Å². The summed E-state index contributed by atoms with van der Waals surface area (Å²) in [4.78, 5) is 10.9. The molecule has 1 amide bonds. The van der Waals surface area contributed by atoms with Gasteiger partial charge >= 0.3 is 5.91 Å². The molecule has 4 nitrogen and oxygen atoms in total. The highest BCUT2D eigenvalue weighted by Gasteiger charge is 2.11. The Hall–Kier alpha value is -1.55. The second-order valence-corrected chi connectivity index (χ2v) is 2.38. The van der Waals surface area contributed by atoms with Gasteiger partial charge in [0.15, 0.2) is 0 Å². The van der Waals surface area contributed by atoms with E-state index in [4.69, 9.17) is 10.5 Å². The van der Waals surface area contributed by atoms with Crippen molar-refractivity contribution in [3.63, 3.8) is 0 Å². The molecule has 12 heavy (non-hydrogen) atoms. The van der Waals surface area contributed by atoms with E-state index in [0.29, 0.717) is 17.0 Å². The van der Waals surface area contributed by atoms with Crippen molar-refractivity contribution in [2.24, 2.45) is 0 Å². The summed E-state index contributed by atoms with van der Waals surface area (Å²) in [6.07, 6.45) is 0. The zero-order valence-electron chi connectivity index (χ0n) is 6.83. The first kappa shape index (κ1) is 8.55. The van der Waals surface area contributed by atoms with Crippen LogP contribution in [0, 0.1) is 0 Å². The van der Waals surface area contributed by atoms with Gasteiger partial charge in [-0.15, -0.1) is 0 Å². The van der Waals surface area contributed by atoms with E-state index < -0.39 is 0 Å². The quantitative estimate of drug-likeness (QED) is 0.591. The number of hydrogen-bond acceptors (Lipinski definition) is 3. The number of carbonyl (C=O) groups excluding carboxylic acids is 1. The summed E-state index contributed by atoms with van der Waals surface area (Å²) in [6, 6.07) is 4.87. The summed E-state index contributed by atoms with van der Waals surface area (Å²) in [5.41, 5.74) is 9.71. The van der Waals surface area contributed by atoms with Gasteiger partial charge in [0.05, 0.1) is 7.11 Å². The van der Waals surface area contributed by atoms with Crippen LogP contribution in [0.2, 0.25) is 0 Å². The van der Waals surface area contributed by atoms with Gasteiger partial charge in [-0.1, -0.05) is 0 Å². The van der Waals surface area contributed by atoms with Crippen LogP contribution in [0.3, 0.4) is 0 Å². The molecule has 1 aromatic carbocycles. The lowest BCUT2D eigenvalue weighted by molar-refractivity contribution is -0.255. The average molecular weight is 167 g/mol. The molecule has 0 aliphatic rings. The van der Waals surface area contributed by atoms with Crippen molar-refractivity contribution in [3.8, 4) is 5.75 Å². The van der Waals surface area contributed by atoms with Gasteiger partial charge < -0.3 is 10.5 Å². The van der Waals surface area contributed by atoms with Crippen LogP contribution in [-0.4, -0.2) is 13.0 Å². The molecular formula is C8H11N2O2+. The lowest BCUT2D eigenvalue weighted by atomic mass is 10.1. The van der Waals surface area contributed by atoms with Gasteiger partial charge in [-0.2, -0.15) is 0 Å². The molecule has 0 saturated carbocycles. The SMILES string of the molecule is COc1ccc(N)cc1C([NH3+])=O. The molecule has 0 aliphatic heterocycles. The predicted molar refractivity (Wildman–Crippen MR) is 44.6 cm³/mol. The molecule has 0 aromatic heterocycles. The first-order valence-corrected chi connectivity index (χ1v) is 3.45. The van der Waals surface area contributed by atoms with Crippen molar-refractivity contribution < 1.29 is 15.3 Å². The summed E-state index contributed by atoms with van der Waals surface area (Å²) in [7, 11) is 1.50. The lowest BCUT2D eigenvalue weighted by Gasteiger charge is -2.03. The zero-order valence-corrected chi connectivity index (χ0v) is 6.83. The molecule has 0 radical (unpaired) electrons. The molecule has 1 rings (SSSR count). The molecule has 4 heteroatoms. The minimum atomic E-state index is -0.292. The Morgan fingerprint density at radius 1 is 1.58 bits per heavy atom. The third-order valence-corrected chi connectivity index (χ3v) is 1.52.